The normalized spacial score (nSPS) is 12.2. The molecule has 0 aliphatic heterocycles. The third-order valence-corrected chi connectivity index (χ3v) is 2.71. The van der Waals surface area contributed by atoms with Gasteiger partial charge in [-0.3, -0.25) is 4.79 Å². The monoisotopic (exact) mass is 235 g/mol. The molecule has 0 aliphatic carbocycles. The minimum Gasteiger partial charge on any atom is -0.393 e. The maximum Gasteiger partial charge on any atom is 0.227 e. The Bertz CT molecular complexity index is 374. The smallest absolute Gasteiger partial charge is 0.227 e. The SMILES string of the molecule is CCN(C(=O)CCC(C)O)c1cccc(C)c1. The summed E-state index contributed by atoms with van der Waals surface area (Å²) in [5, 5.41) is 9.20. The lowest BCUT2D eigenvalue weighted by molar-refractivity contribution is -0.119. The van der Waals surface area contributed by atoms with Gasteiger partial charge in [-0.15, -0.1) is 0 Å². The van der Waals surface area contributed by atoms with Crippen molar-refractivity contribution in [1.82, 2.24) is 0 Å². The summed E-state index contributed by atoms with van der Waals surface area (Å²) in [6.07, 6.45) is 0.482. The summed E-state index contributed by atoms with van der Waals surface area (Å²) in [6, 6.07) is 7.91. The summed E-state index contributed by atoms with van der Waals surface area (Å²) in [5.41, 5.74) is 2.08. The minimum absolute atomic E-state index is 0.0685. The van der Waals surface area contributed by atoms with Gasteiger partial charge in [0.1, 0.15) is 0 Å². The first kappa shape index (κ1) is 13.7. The molecular weight excluding hydrogens is 214 g/mol. The van der Waals surface area contributed by atoms with Crippen molar-refractivity contribution in [2.24, 2.45) is 0 Å². The van der Waals surface area contributed by atoms with Gasteiger partial charge in [0.25, 0.3) is 0 Å². The zero-order valence-corrected chi connectivity index (χ0v) is 10.8. The van der Waals surface area contributed by atoms with Gasteiger partial charge in [0.05, 0.1) is 6.10 Å². The van der Waals surface area contributed by atoms with Crippen molar-refractivity contribution in [2.75, 3.05) is 11.4 Å². The quantitative estimate of drug-likeness (QED) is 0.852. The van der Waals surface area contributed by atoms with Gasteiger partial charge in [0.2, 0.25) is 5.91 Å². The van der Waals surface area contributed by atoms with Crippen LogP contribution >= 0.6 is 0 Å². The van der Waals surface area contributed by atoms with Crippen LogP contribution < -0.4 is 4.90 Å². The van der Waals surface area contributed by atoms with Crippen molar-refractivity contribution in [3.8, 4) is 0 Å². The Hall–Kier alpha value is -1.35. The van der Waals surface area contributed by atoms with Crippen LogP contribution in [-0.2, 0) is 4.79 Å². The number of hydrogen-bond acceptors (Lipinski definition) is 2. The Morgan fingerprint density at radius 3 is 2.71 bits per heavy atom. The number of anilines is 1. The molecule has 0 heterocycles. The largest absolute Gasteiger partial charge is 0.393 e. The van der Waals surface area contributed by atoms with Gasteiger partial charge in [-0.05, 0) is 44.9 Å². The Morgan fingerprint density at radius 1 is 1.47 bits per heavy atom. The van der Waals surface area contributed by atoms with Crippen molar-refractivity contribution >= 4 is 11.6 Å². The second-order valence-electron chi connectivity index (χ2n) is 4.36. The van der Waals surface area contributed by atoms with E-state index < -0.39 is 6.10 Å². The summed E-state index contributed by atoms with van der Waals surface area (Å²) in [4.78, 5) is 13.8. The Kier molecular flexibility index (Phi) is 5.16. The molecule has 1 aromatic rings. The predicted octanol–water partition coefficient (Wildman–Crippen LogP) is 2.51. The van der Waals surface area contributed by atoms with Gasteiger partial charge in [-0.2, -0.15) is 0 Å². The first-order valence-corrected chi connectivity index (χ1v) is 6.09. The lowest BCUT2D eigenvalue weighted by Gasteiger charge is -2.21. The van der Waals surface area contributed by atoms with Crippen LogP contribution in [0.25, 0.3) is 0 Å². The van der Waals surface area contributed by atoms with E-state index in [1.807, 2.05) is 38.1 Å². The molecule has 1 atom stereocenters. The molecule has 0 fully saturated rings. The number of aryl methyl sites for hydroxylation is 1. The van der Waals surface area contributed by atoms with Crippen LogP contribution in [0.15, 0.2) is 24.3 Å². The molecule has 0 saturated carbocycles. The number of nitrogens with zero attached hydrogens (tertiary/aromatic N) is 1. The van der Waals surface area contributed by atoms with E-state index in [1.165, 1.54) is 0 Å². The van der Waals surface area contributed by atoms with E-state index in [2.05, 4.69) is 0 Å². The van der Waals surface area contributed by atoms with Gasteiger partial charge in [0.15, 0.2) is 0 Å². The molecule has 0 aromatic heterocycles. The molecular formula is C14H21NO2. The van der Waals surface area contributed by atoms with Gasteiger partial charge >= 0.3 is 0 Å². The zero-order valence-electron chi connectivity index (χ0n) is 10.8. The van der Waals surface area contributed by atoms with Gasteiger partial charge < -0.3 is 10.0 Å². The molecule has 0 saturated heterocycles. The molecule has 0 bridgehead atoms. The Balaban J connectivity index is 2.74. The second-order valence-corrected chi connectivity index (χ2v) is 4.36. The summed E-state index contributed by atoms with van der Waals surface area (Å²) < 4.78 is 0. The average molecular weight is 235 g/mol. The number of aliphatic hydroxyl groups excluding tert-OH is 1. The number of carbonyl (C=O) groups is 1. The van der Waals surface area contributed by atoms with Crippen LogP contribution in [0.5, 0.6) is 0 Å². The highest BCUT2D eigenvalue weighted by Crippen LogP contribution is 2.17. The molecule has 1 amide bonds. The molecule has 94 valence electrons. The molecule has 1 aromatic carbocycles. The lowest BCUT2D eigenvalue weighted by Crippen LogP contribution is -2.31. The van der Waals surface area contributed by atoms with Crippen LogP contribution in [0.1, 0.15) is 32.3 Å². The number of rotatable bonds is 5. The van der Waals surface area contributed by atoms with Gasteiger partial charge in [-0.1, -0.05) is 12.1 Å². The van der Waals surface area contributed by atoms with E-state index >= 15 is 0 Å². The van der Waals surface area contributed by atoms with Crippen LogP contribution in [0.3, 0.4) is 0 Å². The lowest BCUT2D eigenvalue weighted by atomic mass is 10.1. The maximum atomic E-state index is 12.0. The highest BCUT2D eigenvalue weighted by Gasteiger charge is 2.14. The molecule has 3 nitrogen and oxygen atoms in total. The van der Waals surface area contributed by atoms with E-state index in [9.17, 15) is 9.90 Å². The van der Waals surface area contributed by atoms with Gasteiger partial charge in [-0.25, -0.2) is 0 Å². The fourth-order valence-corrected chi connectivity index (χ4v) is 1.77. The van der Waals surface area contributed by atoms with E-state index in [0.717, 1.165) is 11.3 Å². The van der Waals surface area contributed by atoms with E-state index in [-0.39, 0.29) is 5.91 Å². The van der Waals surface area contributed by atoms with E-state index in [0.29, 0.717) is 19.4 Å². The first-order chi connectivity index (χ1) is 8.04. The standard InChI is InChI=1S/C14H21NO2/c1-4-15(14(17)9-8-12(3)16)13-7-5-6-11(2)10-13/h5-7,10,12,16H,4,8-9H2,1-3H3. The summed E-state index contributed by atoms with van der Waals surface area (Å²) in [7, 11) is 0. The minimum atomic E-state index is -0.421. The highest BCUT2D eigenvalue weighted by atomic mass is 16.3. The number of aliphatic hydroxyl groups is 1. The maximum absolute atomic E-state index is 12.0. The van der Waals surface area contributed by atoms with Gasteiger partial charge in [0, 0.05) is 18.7 Å². The Labute approximate surface area is 103 Å². The summed E-state index contributed by atoms with van der Waals surface area (Å²) in [5.74, 6) is 0.0685. The van der Waals surface area contributed by atoms with Crippen LogP contribution in [-0.4, -0.2) is 23.7 Å². The fourth-order valence-electron chi connectivity index (χ4n) is 1.77. The molecule has 0 aliphatic rings. The van der Waals surface area contributed by atoms with Crippen molar-refractivity contribution in [1.29, 1.82) is 0 Å². The molecule has 0 radical (unpaired) electrons. The second kappa shape index (κ2) is 6.40. The molecule has 3 heteroatoms. The Morgan fingerprint density at radius 2 is 2.18 bits per heavy atom. The average Bonchev–Trinajstić information content (AvgIpc) is 2.27. The number of hydrogen-bond donors (Lipinski definition) is 1. The number of amides is 1. The molecule has 1 N–H and O–H groups in total. The molecule has 1 unspecified atom stereocenters. The van der Waals surface area contributed by atoms with Crippen molar-refractivity contribution in [2.45, 2.75) is 39.7 Å². The summed E-state index contributed by atoms with van der Waals surface area (Å²) in [6.45, 7) is 6.33. The highest BCUT2D eigenvalue weighted by molar-refractivity contribution is 5.93. The topological polar surface area (TPSA) is 40.5 Å². The molecule has 17 heavy (non-hydrogen) atoms. The van der Waals surface area contributed by atoms with Crippen molar-refractivity contribution < 1.29 is 9.90 Å². The molecule has 1 rings (SSSR count). The predicted molar refractivity (Wildman–Crippen MR) is 70.1 cm³/mol. The van der Waals surface area contributed by atoms with Crippen LogP contribution in [0, 0.1) is 6.92 Å². The first-order valence-electron chi connectivity index (χ1n) is 6.09. The zero-order chi connectivity index (χ0) is 12.8. The van der Waals surface area contributed by atoms with Crippen LogP contribution in [0.2, 0.25) is 0 Å². The molecule has 0 spiro atoms. The van der Waals surface area contributed by atoms with E-state index in [1.54, 1.807) is 11.8 Å². The number of benzene rings is 1. The van der Waals surface area contributed by atoms with Crippen LogP contribution in [0.4, 0.5) is 5.69 Å². The van der Waals surface area contributed by atoms with E-state index in [4.69, 9.17) is 0 Å². The third kappa shape index (κ3) is 4.19. The fraction of sp³-hybridized carbons (Fsp3) is 0.500. The summed E-state index contributed by atoms with van der Waals surface area (Å²) >= 11 is 0. The third-order valence-electron chi connectivity index (χ3n) is 2.71. The number of carbonyl (C=O) groups excluding carboxylic acids is 1. The van der Waals surface area contributed by atoms with Crippen molar-refractivity contribution in [3.05, 3.63) is 29.8 Å². The van der Waals surface area contributed by atoms with Crippen molar-refractivity contribution in [3.63, 3.8) is 0 Å².